The summed E-state index contributed by atoms with van der Waals surface area (Å²) in [7, 11) is 0. The first-order valence-corrected chi connectivity index (χ1v) is 7.95. The van der Waals surface area contributed by atoms with Crippen molar-refractivity contribution in [3.05, 3.63) is 0 Å². The number of rotatable bonds is 9. The SMILES string of the molecule is CC(C)C(CC(N)=O)C(=O)C(F)(F)C(=O)NCCN1CCOCC1. The van der Waals surface area contributed by atoms with E-state index in [2.05, 4.69) is 5.32 Å². The third-order valence-corrected chi connectivity index (χ3v) is 3.97. The number of hydrogen-bond donors (Lipinski definition) is 2. The number of hydrogen-bond acceptors (Lipinski definition) is 5. The number of carbonyl (C=O) groups excluding carboxylic acids is 3. The van der Waals surface area contributed by atoms with Crippen LogP contribution in [0.3, 0.4) is 0 Å². The number of Topliss-reactive ketones (excluding diaryl/α,β-unsaturated/α-hetero) is 1. The van der Waals surface area contributed by atoms with Gasteiger partial charge in [0.2, 0.25) is 11.7 Å². The lowest BCUT2D eigenvalue weighted by Gasteiger charge is -2.27. The third kappa shape index (κ3) is 5.79. The van der Waals surface area contributed by atoms with E-state index in [0.29, 0.717) is 32.8 Å². The minimum Gasteiger partial charge on any atom is -0.379 e. The Labute approximate surface area is 139 Å². The summed E-state index contributed by atoms with van der Waals surface area (Å²) in [5.41, 5.74) is 5.00. The van der Waals surface area contributed by atoms with Crippen LogP contribution in [0.25, 0.3) is 0 Å². The van der Waals surface area contributed by atoms with Gasteiger partial charge in [0.25, 0.3) is 5.91 Å². The van der Waals surface area contributed by atoms with Gasteiger partial charge in [0.15, 0.2) is 0 Å². The lowest BCUT2D eigenvalue weighted by Crippen LogP contribution is -2.51. The van der Waals surface area contributed by atoms with E-state index in [1.165, 1.54) is 13.8 Å². The van der Waals surface area contributed by atoms with Crippen LogP contribution >= 0.6 is 0 Å². The topological polar surface area (TPSA) is 102 Å². The molecule has 0 radical (unpaired) electrons. The largest absolute Gasteiger partial charge is 0.381 e. The molecule has 0 spiro atoms. The molecule has 1 rings (SSSR count). The monoisotopic (exact) mass is 349 g/mol. The zero-order valence-electron chi connectivity index (χ0n) is 14.0. The van der Waals surface area contributed by atoms with E-state index in [0.717, 1.165) is 0 Å². The minimum absolute atomic E-state index is 0.00384. The van der Waals surface area contributed by atoms with Crippen molar-refractivity contribution in [1.29, 1.82) is 0 Å². The van der Waals surface area contributed by atoms with Crippen LogP contribution in [0.5, 0.6) is 0 Å². The number of carbonyl (C=O) groups is 3. The van der Waals surface area contributed by atoms with Crippen LogP contribution in [-0.2, 0) is 19.1 Å². The van der Waals surface area contributed by atoms with Gasteiger partial charge >= 0.3 is 5.92 Å². The van der Waals surface area contributed by atoms with Crippen molar-refractivity contribution in [1.82, 2.24) is 10.2 Å². The summed E-state index contributed by atoms with van der Waals surface area (Å²) in [6.07, 6.45) is -0.507. The van der Waals surface area contributed by atoms with Crippen molar-refractivity contribution < 1.29 is 27.9 Å². The Morgan fingerprint density at radius 3 is 2.33 bits per heavy atom. The number of nitrogens with one attached hydrogen (secondary N) is 1. The summed E-state index contributed by atoms with van der Waals surface area (Å²) >= 11 is 0. The van der Waals surface area contributed by atoms with Gasteiger partial charge in [-0.05, 0) is 5.92 Å². The maximum Gasteiger partial charge on any atom is 0.381 e. The fourth-order valence-electron chi connectivity index (χ4n) is 2.46. The molecule has 9 heteroatoms. The molecule has 138 valence electrons. The molecule has 1 fully saturated rings. The smallest absolute Gasteiger partial charge is 0.379 e. The molecule has 0 aromatic carbocycles. The summed E-state index contributed by atoms with van der Waals surface area (Å²) in [6, 6.07) is 0. The third-order valence-electron chi connectivity index (χ3n) is 3.97. The average molecular weight is 349 g/mol. The van der Waals surface area contributed by atoms with E-state index in [9.17, 15) is 23.2 Å². The Morgan fingerprint density at radius 1 is 1.25 bits per heavy atom. The molecule has 1 saturated heterocycles. The van der Waals surface area contributed by atoms with Gasteiger partial charge in [0.1, 0.15) is 0 Å². The van der Waals surface area contributed by atoms with Crippen LogP contribution in [0, 0.1) is 11.8 Å². The maximum absolute atomic E-state index is 14.1. The molecule has 0 aromatic rings. The van der Waals surface area contributed by atoms with E-state index in [1.807, 2.05) is 4.90 Å². The first-order chi connectivity index (χ1) is 11.2. The molecule has 0 aromatic heterocycles. The Morgan fingerprint density at radius 2 is 1.83 bits per heavy atom. The Bertz CT molecular complexity index is 466. The second kappa shape index (κ2) is 9.03. The Kier molecular flexibility index (Phi) is 7.68. The summed E-state index contributed by atoms with van der Waals surface area (Å²) < 4.78 is 33.3. The van der Waals surface area contributed by atoms with Gasteiger partial charge in [-0.25, -0.2) is 0 Å². The average Bonchev–Trinajstić information content (AvgIpc) is 2.52. The number of halogens is 2. The molecule has 0 aliphatic carbocycles. The van der Waals surface area contributed by atoms with Crippen molar-refractivity contribution in [3.8, 4) is 0 Å². The maximum atomic E-state index is 14.1. The summed E-state index contributed by atoms with van der Waals surface area (Å²) in [4.78, 5) is 36.7. The molecule has 1 aliphatic rings. The predicted molar refractivity (Wildman–Crippen MR) is 82.4 cm³/mol. The lowest BCUT2D eigenvalue weighted by molar-refractivity contribution is -0.162. The first-order valence-electron chi connectivity index (χ1n) is 7.95. The van der Waals surface area contributed by atoms with E-state index < -0.39 is 41.8 Å². The molecule has 1 atom stereocenters. The normalized spacial score (nSPS) is 17.5. The summed E-state index contributed by atoms with van der Waals surface area (Å²) in [6.45, 7) is 5.91. The molecule has 1 heterocycles. The predicted octanol–water partition coefficient (Wildman–Crippen LogP) is -0.213. The molecule has 3 N–H and O–H groups in total. The quantitative estimate of drug-likeness (QED) is 0.561. The highest BCUT2D eigenvalue weighted by Gasteiger charge is 2.50. The fraction of sp³-hybridized carbons (Fsp3) is 0.800. The highest BCUT2D eigenvalue weighted by Crippen LogP contribution is 2.26. The summed E-state index contributed by atoms with van der Waals surface area (Å²) in [5, 5.41) is 2.09. The molecule has 1 unspecified atom stereocenters. The van der Waals surface area contributed by atoms with Crippen molar-refractivity contribution in [2.75, 3.05) is 39.4 Å². The molecule has 7 nitrogen and oxygen atoms in total. The number of primary amides is 1. The van der Waals surface area contributed by atoms with Crippen LogP contribution in [-0.4, -0.2) is 67.8 Å². The van der Waals surface area contributed by atoms with Gasteiger partial charge in [-0.1, -0.05) is 13.8 Å². The van der Waals surface area contributed by atoms with Gasteiger partial charge < -0.3 is 15.8 Å². The summed E-state index contributed by atoms with van der Waals surface area (Å²) in [5.74, 6) is -10.1. The number of alkyl halides is 2. The van der Waals surface area contributed by atoms with Gasteiger partial charge in [0, 0.05) is 38.5 Å². The highest BCUT2D eigenvalue weighted by molar-refractivity contribution is 6.09. The van der Waals surface area contributed by atoms with Gasteiger partial charge in [0.05, 0.1) is 13.2 Å². The Balaban J connectivity index is 2.58. The second-order valence-electron chi connectivity index (χ2n) is 6.17. The van der Waals surface area contributed by atoms with Gasteiger partial charge in [-0.2, -0.15) is 8.78 Å². The number of morpholine rings is 1. The van der Waals surface area contributed by atoms with Crippen LogP contribution in [0.2, 0.25) is 0 Å². The molecule has 24 heavy (non-hydrogen) atoms. The molecule has 0 bridgehead atoms. The number of nitrogens with two attached hydrogens (primary N) is 1. The number of nitrogens with zero attached hydrogens (tertiary/aromatic N) is 1. The van der Waals surface area contributed by atoms with E-state index in [4.69, 9.17) is 10.5 Å². The fourth-order valence-corrected chi connectivity index (χ4v) is 2.46. The van der Waals surface area contributed by atoms with Crippen LogP contribution in [0.15, 0.2) is 0 Å². The van der Waals surface area contributed by atoms with Crippen LogP contribution in [0.1, 0.15) is 20.3 Å². The molecule has 2 amide bonds. The molecular formula is C15H25F2N3O4. The Hall–Kier alpha value is -1.61. The molecule has 0 saturated carbocycles. The molecular weight excluding hydrogens is 324 g/mol. The standard InChI is InChI=1S/C15H25F2N3O4/c1-10(2)11(9-12(18)21)13(22)15(16,17)14(23)19-3-4-20-5-7-24-8-6-20/h10-11H,3-9H2,1-2H3,(H2,18,21)(H,19,23). The van der Waals surface area contributed by atoms with E-state index in [-0.39, 0.29) is 6.54 Å². The van der Waals surface area contributed by atoms with E-state index in [1.54, 1.807) is 0 Å². The lowest BCUT2D eigenvalue weighted by atomic mass is 9.85. The first kappa shape index (κ1) is 20.4. The van der Waals surface area contributed by atoms with Crippen molar-refractivity contribution in [2.45, 2.75) is 26.2 Å². The van der Waals surface area contributed by atoms with Crippen LogP contribution < -0.4 is 11.1 Å². The molecule has 1 aliphatic heterocycles. The highest BCUT2D eigenvalue weighted by atomic mass is 19.3. The number of amides is 2. The van der Waals surface area contributed by atoms with Crippen molar-refractivity contribution in [2.24, 2.45) is 17.6 Å². The van der Waals surface area contributed by atoms with E-state index >= 15 is 0 Å². The van der Waals surface area contributed by atoms with Gasteiger partial charge in [-0.3, -0.25) is 19.3 Å². The van der Waals surface area contributed by atoms with Crippen molar-refractivity contribution in [3.63, 3.8) is 0 Å². The zero-order chi connectivity index (χ0) is 18.3. The number of ketones is 1. The number of ether oxygens (including phenoxy) is 1. The van der Waals surface area contributed by atoms with Crippen molar-refractivity contribution >= 4 is 17.6 Å². The zero-order valence-corrected chi connectivity index (χ0v) is 14.0. The van der Waals surface area contributed by atoms with Gasteiger partial charge in [-0.15, -0.1) is 0 Å². The second-order valence-corrected chi connectivity index (χ2v) is 6.17. The van der Waals surface area contributed by atoms with Crippen LogP contribution in [0.4, 0.5) is 8.78 Å². The minimum atomic E-state index is -4.19.